The van der Waals surface area contributed by atoms with Crippen molar-refractivity contribution in [1.82, 2.24) is 9.55 Å². The SMILES string of the molecule is CCOC(=O)C(=O)c1ccc(Cn2cc(O)[nH]c2=O)s1. The highest BCUT2D eigenvalue weighted by molar-refractivity contribution is 7.14. The summed E-state index contributed by atoms with van der Waals surface area (Å²) in [5, 5.41) is 9.15. The second kappa shape index (κ2) is 5.74. The number of esters is 1. The van der Waals surface area contributed by atoms with Crippen LogP contribution in [0.5, 0.6) is 5.88 Å². The average molecular weight is 296 g/mol. The monoisotopic (exact) mass is 296 g/mol. The number of carbonyl (C=O) groups is 2. The predicted octanol–water partition coefficient (Wildman–Crippen LogP) is 0.738. The highest BCUT2D eigenvalue weighted by Gasteiger charge is 2.19. The molecule has 2 aromatic rings. The number of nitrogens with one attached hydrogen (secondary N) is 1. The molecule has 0 aliphatic carbocycles. The van der Waals surface area contributed by atoms with Crippen molar-refractivity contribution >= 4 is 23.1 Å². The minimum atomic E-state index is -0.891. The number of nitrogens with zero attached hydrogens (tertiary/aromatic N) is 1. The number of imidazole rings is 1. The van der Waals surface area contributed by atoms with Crippen LogP contribution in [-0.4, -0.2) is 33.0 Å². The largest absolute Gasteiger partial charge is 0.493 e. The van der Waals surface area contributed by atoms with Crippen LogP contribution in [0.2, 0.25) is 0 Å². The Morgan fingerprint density at radius 1 is 1.45 bits per heavy atom. The Kier molecular flexibility index (Phi) is 4.04. The number of ether oxygens (including phenoxy) is 1. The molecule has 0 bridgehead atoms. The van der Waals surface area contributed by atoms with Gasteiger partial charge in [0.2, 0.25) is 5.88 Å². The maximum atomic E-state index is 11.7. The number of H-pyrrole nitrogens is 1. The fourth-order valence-electron chi connectivity index (χ4n) is 1.59. The van der Waals surface area contributed by atoms with Crippen molar-refractivity contribution in [2.45, 2.75) is 13.5 Å². The van der Waals surface area contributed by atoms with E-state index in [1.54, 1.807) is 13.0 Å². The van der Waals surface area contributed by atoms with Crippen molar-refractivity contribution in [2.24, 2.45) is 0 Å². The number of thiophene rings is 1. The summed E-state index contributed by atoms with van der Waals surface area (Å²) in [6.07, 6.45) is 1.26. The van der Waals surface area contributed by atoms with Crippen molar-refractivity contribution in [3.05, 3.63) is 38.6 Å². The van der Waals surface area contributed by atoms with Crippen LogP contribution in [0.15, 0.2) is 23.1 Å². The highest BCUT2D eigenvalue weighted by atomic mass is 32.1. The Morgan fingerprint density at radius 2 is 2.20 bits per heavy atom. The standard InChI is InChI=1S/C12H12N2O5S/c1-2-19-11(17)10(16)8-4-3-7(20-8)5-14-6-9(15)13-12(14)18/h3-4,6,15H,2,5H2,1H3,(H,13,18). The van der Waals surface area contributed by atoms with Crippen molar-refractivity contribution < 1.29 is 19.4 Å². The zero-order valence-corrected chi connectivity index (χ0v) is 11.4. The number of hydrogen-bond donors (Lipinski definition) is 2. The van der Waals surface area contributed by atoms with E-state index in [1.165, 1.54) is 16.8 Å². The van der Waals surface area contributed by atoms with Crippen LogP contribution >= 0.6 is 11.3 Å². The number of carbonyl (C=O) groups excluding carboxylic acids is 2. The van der Waals surface area contributed by atoms with Gasteiger partial charge in [-0.1, -0.05) is 0 Å². The van der Waals surface area contributed by atoms with Crippen LogP contribution < -0.4 is 5.69 Å². The third kappa shape index (κ3) is 2.97. The Balaban J connectivity index is 2.13. The molecule has 7 nitrogen and oxygen atoms in total. The minimum Gasteiger partial charge on any atom is -0.493 e. The summed E-state index contributed by atoms with van der Waals surface area (Å²) in [6, 6.07) is 3.16. The molecule has 0 aromatic carbocycles. The molecule has 2 heterocycles. The minimum absolute atomic E-state index is 0.140. The maximum absolute atomic E-state index is 11.7. The van der Waals surface area contributed by atoms with E-state index in [0.29, 0.717) is 4.88 Å². The summed E-state index contributed by atoms with van der Waals surface area (Å²) < 4.78 is 5.90. The van der Waals surface area contributed by atoms with Crippen molar-refractivity contribution in [3.63, 3.8) is 0 Å². The molecule has 0 aliphatic heterocycles. The summed E-state index contributed by atoms with van der Waals surface area (Å²) in [5.74, 6) is -1.82. The molecule has 2 rings (SSSR count). The summed E-state index contributed by atoms with van der Waals surface area (Å²) in [6.45, 7) is 1.97. The number of aromatic nitrogens is 2. The third-order valence-electron chi connectivity index (χ3n) is 2.45. The van der Waals surface area contributed by atoms with Gasteiger partial charge in [0.1, 0.15) is 0 Å². The lowest BCUT2D eigenvalue weighted by atomic mass is 10.3. The lowest BCUT2D eigenvalue weighted by molar-refractivity contribution is -0.137. The van der Waals surface area contributed by atoms with E-state index in [0.717, 1.165) is 11.3 Å². The summed E-state index contributed by atoms with van der Waals surface area (Å²) >= 11 is 1.10. The van der Waals surface area contributed by atoms with Crippen LogP contribution in [0.3, 0.4) is 0 Å². The molecule has 0 atom stereocenters. The van der Waals surface area contributed by atoms with Gasteiger partial charge in [-0.2, -0.15) is 0 Å². The lowest BCUT2D eigenvalue weighted by Gasteiger charge is -1.98. The van der Waals surface area contributed by atoms with Crippen LogP contribution in [-0.2, 0) is 16.1 Å². The lowest BCUT2D eigenvalue weighted by Crippen LogP contribution is -2.16. The first-order chi connectivity index (χ1) is 9.51. The van der Waals surface area contributed by atoms with E-state index >= 15 is 0 Å². The molecular weight excluding hydrogens is 284 g/mol. The van der Waals surface area contributed by atoms with Gasteiger partial charge in [0.25, 0.3) is 5.78 Å². The summed E-state index contributed by atoms with van der Waals surface area (Å²) in [7, 11) is 0. The topological polar surface area (TPSA) is 101 Å². The van der Waals surface area contributed by atoms with E-state index < -0.39 is 17.4 Å². The van der Waals surface area contributed by atoms with Gasteiger partial charge in [-0.3, -0.25) is 14.3 Å². The number of ketones is 1. The quantitative estimate of drug-likeness (QED) is 0.481. The third-order valence-corrected chi connectivity index (χ3v) is 3.52. The van der Waals surface area contributed by atoms with Gasteiger partial charge >= 0.3 is 11.7 Å². The highest BCUT2D eigenvalue weighted by Crippen LogP contribution is 2.18. The molecule has 0 unspecified atom stereocenters. The first-order valence-corrected chi connectivity index (χ1v) is 6.61. The van der Waals surface area contributed by atoms with E-state index in [-0.39, 0.29) is 23.9 Å². The number of aromatic amines is 1. The molecule has 0 spiro atoms. The number of rotatable bonds is 5. The van der Waals surface area contributed by atoms with Gasteiger partial charge in [0.15, 0.2) is 0 Å². The Morgan fingerprint density at radius 3 is 2.80 bits per heavy atom. The van der Waals surface area contributed by atoms with Crippen LogP contribution in [0.1, 0.15) is 21.5 Å². The second-order valence-corrected chi connectivity index (χ2v) is 5.06. The smallest absolute Gasteiger partial charge is 0.380 e. The van der Waals surface area contributed by atoms with Crippen molar-refractivity contribution in [3.8, 4) is 5.88 Å². The second-order valence-electron chi connectivity index (χ2n) is 3.89. The normalized spacial score (nSPS) is 10.4. The van der Waals surface area contributed by atoms with E-state index in [2.05, 4.69) is 9.72 Å². The van der Waals surface area contributed by atoms with Gasteiger partial charge < -0.3 is 9.84 Å². The fourth-order valence-corrected chi connectivity index (χ4v) is 2.52. The van der Waals surface area contributed by atoms with Crippen LogP contribution in [0.25, 0.3) is 0 Å². The van der Waals surface area contributed by atoms with Gasteiger partial charge in [0.05, 0.1) is 24.2 Å². The first-order valence-electron chi connectivity index (χ1n) is 5.80. The summed E-state index contributed by atoms with van der Waals surface area (Å²) in [4.78, 5) is 37.6. The van der Waals surface area contributed by atoms with E-state index in [4.69, 9.17) is 5.11 Å². The zero-order chi connectivity index (χ0) is 14.7. The molecule has 106 valence electrons. The number of Topliss-reactive ketones (excluding diaryl/α,β-unsaturated/α-hetero) is 1. The average Bonchev–Trinajstić information content (AvgIpc) is 2.97. The Bertz CT molecular complexity index is 697. The molecule has 2 N–H and O–H groups in total. The van der Waals surface area contributed by atoms with E-state index in [9.17, 15) is 14.4 Å². The number of hydrogen-bond acceptors (Lipinski definition) is 6. The van der Waals surface area contributed by atoms with Crippen LogP contribution in [0, 0.1) is 0 Å². The molecule has 0 saturated carbocycles. The molecule has 0 aliphatic rings. The first kappa shape index (κ1) is 14.1. The number of aromatic hydroxyl groups is 1. The van der Waals surface area contributed by atoms with Crippen molar-refractivity contribution in [2.75, 3.05) is 6.61 Å². The van der Waals surface area contributed by atoms with Gasteiger partial charge in [0, 0.05) is 4.88 Å². The molecular formula is C12H12N2O5S. The van der Waals surface area contributed by atoms with E-state index in [1.807, 2.05) is 0 Å². The molecule has 8 heteroatoms. The molecule has 0 fully saturated rings. The molecule has 0 radical (unpaired) electrons. The molecule has 0 amide bonds. The van der Waals surface area contributed by atoms with Gasteiger partial charge in [-0.05, 0) is 19.1 Å². The zero-order valence-electron chi connectivity index (χ0n) is 10.6. The Labute approximate surface area is 117 Å². The molecule has 2 aromatic heterocycles. The predicted molar refractivity (Wildman–Crippen MR) is 71.1 cm³/mol. The van der Waals surface area contributed by atoms with Gasteiger partial charge in [-0.25, -0.2) is 9.59 Å². The molecule has 20 heavy (non-hydrogen) atoms. The summed E-state index contributed by atoms with van der Waals surface area (Å²) in [5.41, 5.74) is -0.450. The molecule has 0 saturated heterocycles. The fraction of sp³-hybridized carbons (Fsp3) is 0.250. The Hall–Kier alpha value is -2.35. The maximum Gasteiger partial charge on any atom is 0.380 e. The van der Waals surface area contributed by atoms with Crippen molar-refractivity contribution in [1.29, 1.82) is 0 Å². The van der Waals surface area contributed by atoms with Gasteiger partial charge in [-0.15, -0.1) is 11.3 Å². The van der Waals surface area contributed by atoms with Crippen LogP contribution in [0.4, 0.5) is 0 Å².